The Balaban J connectivity index is -0.00000240. The molecule has 3 radical (unpaired) electrons. The van der Waals surface area contributed by atoms with Crippen molar-refractivity contribution in [1.29, 1.82) is 0 Å². The first-order chi connectivity index (χ1) is 14.0. The summed E-state index contributed by atoms with van der Waals surface area (Å²) in [5.74, 6) is 0.981. The molecule has 0 amide bonds. The van der Waals surface area contributed by atoms with E-state index in [-0.39, 0.29) is 27.5 Å². The summed E-state index contributed by atoms with van der Waals surface area (Å²) < 4.78 is 0. The maximum absolute atomic E-state index is 13.1. The molecule has 0 N–H and O–H groups in total. The van der Waals surface area contributed by atoms with Crippen LogP contribution < -0.4 is 5.11 Å². The van der Waals surface area contributed by atoms with Crippen molar-refractivity contribution < 1.29 is 9.39 Å². The van der Waals surface area contributed by atoms with E-state index in [2.05, 4.69) is 96.8 Å². The molecule has 171 valence electrons. The fraction of sp³-hybridized carbons (Fsp3) is 0.481. The summed E-state index contributed by atoms with van der Waals surface area (Å²) in [4.78, 5) is 9.40. The molecule has 0 saturated heterocycles. The van der Waals surface area contributed by atoms with Crippen LogP contribution in [0, 0.1) is 0 Å². The highest BCUT2D eigenvalue weighted by molar-refractivity contribution is 6.37. The zero-order chi connectivity index (χ0) is 22.6. The lowest BCUT2D eigenvalue weighted by Crippen LogP contribution is -2.25. The van der Waals surface area contributed by atoms with Crippen LogP contribution >= 0.6 is 0 Å². The minimum Gasteiger partial charge on any atom is -0.857 e. The third-order valence-electron chi connectivity index (χ3n) is 5.49. The van der Waals surface area contributed by atoms with E-state index in [1.165, 1.54) is 11.1 Å². The predicted molar refractivity (Wildman–Crippen MR) is 141 cm³/mol. The van der Waals surface area contributed by atoms with E-state index >= 15 is 0 Å². The van der Waals surface area contributed by atoms with Crippen molar-refractivity contribution in [1.82, 2.24) is 0 Å². The second kappa shape index (κ2) is 11.7. The Morgan fingerprint density at radius 1 is 0.645 bits per heavy atom. The van der Waals surface area contributed by atoms with Crippen LogP contribution in [-0.2, 0) is 0 Å². The lowest BCUT2D eigenvalue weighted by molar-refractivity contribution is -0.209. The van der Waals surface area contributed by atoms with Gasteiger partial charge in [0.25, 0.3) is 0 Å². The molecule has 0 bridgehead atoms. The van der Waals surface area contributed by atoms with Gasteiger partial charge < -0.3 is 5.11 Å². The lowest BCUT2D eigenvalue weighted by atomic mass is 9.92. The summed E-state index contributed by atoms with van der Waals surface area (Å²) in [5.41, 5.74) is 6.70. The third-order valence-corrected chi connectivity index (χ3v) is 5.49. The number of nitrogens with zero attached hydrogens (tertiary/aromatic N) is 2. The summed E-state index contributed by atoms with van der Waals surface area (Å²) >= 11 is 0. The first kappa shape index (κ1) is 27.1. The molecule has 31 heavy (non-hydrogen) atoms. The van der Waals surface area contributed by atoms with Crippen molar-refractivity contribution in [2.75, 3.05) is 0 Å². The molecule has 3 nitrogen and oxygen atoms in total. The van der Waals surface area contributed by atoms with E-state index in [0.29, 0.717) is 29.4 Å². The number of hydrogen-bond donors (Lipinski definition) is 0. The highest BCUT2D eigenvalue weighted by atomic mass is 27.0. The molecule has 0 fully saturated rings. The standard InChI is InChI=1S/C27H38N2O.Al.3H2/c1-16(2)21-12-10-13-22(17(3)4)25(21)28-20(9)27(30)29-26-23(18(5)6)14-11-15-24(26)19(7)8;;;;/h10-19H,1-9H3,(H,29,30);;3*1H/p-1. The molecule has 0 aromatic heterocycles. The van der Waals surface area contributed by atoms with Crippen LogP contribution in [0.4, 0.5) is 11.4 Å². The molecule has 0 unspecified atom stereocenters. The Kier molecular flexibility index (Phi) is 10.2. The van der Waals surface area contributed by atoms with Crippen molar-refractivity contribution in [3.05, 3.63) is 58.7 Å². The number of para-hydroxylation sites is 2. The van der Waals surface area contributed by atoms with Gasteiger partial charge in [0, 0.05) is 33.3 Å². The Bertz CT molecular complexity index is 825. The molecular weight excluding hydrogens is 395 g/mol. The van der Waals surface area contributed by atoms with Crippen LogP contribution in [-0.4, -0.2) is 29.0 Å². The van der Waals surface area contributed by atoms with Gasteiger partial charge in [0.15, 0.2) is 0 Å². The van der Waals surface area contributed by atoms with Gasteiger partial charge in [-0.1, -0.05) is 91.8 Å². The quantitative estimate of drug-likeness (QED) is 0.248. The summed E-state index contributed by atoms with van der Waals surface area (Å²) in [5, 5.41) is 13.1. The number of benzene rings is 2. The molecule has 0 aliphatic rings. The third kappa shape index (κ3) is 6.55. The van der Waals surface area contributed by atoms with Crippen LogP contribution in [0.25, 0.3) is 0 Å². The van der Waals surface area contributed by atoms with Crippen LogP contribution in [0.5, 0.6) is 0 Å². The Labute approximate surface area is 204 Å². The second-order valence-corrected chi connectivity index (χ2v) is 9.30. The van der Waals surface area contributed by atoms with Crippen molar-refractivity contribution in [2.24, 2.45) is 9.98 Å². The molecule has 2 aromatic carbocycles. The van der Waals surface area contributed by atoms with E-state index in [4.69, 9.17) is 4.99 Å². The second-order valence-electron chi connectivity index (χ2n) is 9.30. The van der Waals surface area contributed by atoms with E-state index in [1.54, 1.807) is 6.92 Å². The maximum Gasteiger partial charge on any atom is 0.0702 e. The van der Waals surface area contributed by atoms with Crippen molar-refractivity contribution in [3.8, 4) is 0 Å². The van der Waals surface area contributed by atoms with Gasteiger partial charge in [-0.05, 0) is 52.8 Å². The van der Waals surface area contributed by atoms with Crippen molar-refractivity contribution >= 4 is 40.3 Å². The van der Waals surface area contributed by atoms with Gasteiger partial charge in [0.05, 0.1) is 11.4 Å². The summed E-state index contributed by atoms with van der Waals surface area (Å²) in [6.07, 6.45) is 0. The van der Waals surface area contributed by atoms with Crippen LogP contribution in [0.2, 0.25) is 0 Å². The molecule has 0 aliphatic carbocycles. The van der Waals surface area contributed by atoms with E-state index in [1.807, 2.05) is 0 Å². The fourth-order valence-corrected chi connectivity index (χ4v) is 3.68. The van der Waals surface area contributed by atoms with Crippen LogP contribution in [0.1, 0.15) is 113 Å². The largest absolute Gasteiger partial charge is 0.857 e. The molecule has 2 rings (SSSR count). The first-order valence-electron chi connectivity index (χ1n) is 11.1. The van der Waals surface area contributed by atoms with E-state index in [0.717, 1.165) is 22.5 Å². The predicted octanol–water partition coefficient (Wildman–Crippen LogP) is 7.72. The van der Waals surface area contributed by atoms with Gasteiger partial charge in [0.2, 0.25) is 0 Å². The molecule has 0 heterocycles. The first-order valence-corrected chi connectivity index (χ1v) is 11.1. The minimum absolute atomic E-state index is 0. The molecule has 4 heteroatoms. The SMILES string of the molecule is CC(=Nc1c(C(C)C)cccc1C(C)C)C([O-])=Nc1c(C(C)C)cccc1C(C)C.[Al].[HH].[HH].[HH]. The topological polar surface area (TPSA) is 47.8 Å². The smallest absolute Gasteiger partial charge is 0.0702 e. The van der Waals surface area contributed by atoms with Crippen molar-refractivity contribution in [2.45, 2.75) is 86.0 Å². The molecule has 0 saturated carbocycles. The van der Waals surface area contributed by atoms with Crippen LogP contribution in [0.15, 0.2) is 46.4 Å². The van der Waals surface area contributed by atoms with Gasteiger partial charge in [-0.15, -0.1) is 0 Å². The highest BCUT2D eigenvalue weighted by Gasteiger charge is 2.15. The van der Waals surface area contributed by atoms with Crippen LogP contribution in [0.3, 0.4) is 0 Å². The van der Waals surface area contributed by atoms with Crippen molar-refractivity contribution in [3.63, 3.8) is 0 Å². The number of rotatable bonds is 7. The zero-order valence-electron chi connectivity index (χ0n) is 20.7. The summed E-state index contributed by atoms with van der Waals surface area (Å²) in [6, 6.07) is 12.5. The Morgan fingerprint density at radius 2 is 0.935 bits per heavy atom. The Hall–Kier alpha value is -1.89. The zero-order valence-corrected chi connectivity index (χ0v) is 21.8. The molecule has 0 atom stereocenters. The molecule has 0 aliphatic heterocycles. The Morgan fingerprint density at radius 3 is 1.23 bits per heavy atom. The van der Waals surface area contributed by atoms with E-state index in [9.17, 15) is 5.11 Å². The minimum atomic E-state index is -0.265. The highest BCUT2D eigenvalue weighted by Crippen LogP contribution is 2.36. The average Bonchev–Trinajstić information content (AvgIpc) is 2.67. The summed E-state index contributed by atoms with van der Waals surface area (Å²) in [7, 11) is 0. The van der Waals surface area contributed by atoms with Gasteiger partial charge in [-0.3, -0.25) is 9.98 Å². The van der Waals surface area contributed by atoms with Gasteiger partial charge >= 0.3 is 0 Å². The monoisotopic (exact) mass is 438 g/mol. The number of hydrogen-bond acceptors (Lipinski definition) is 3. The summed E-state index contributed by atoms with van der Waals surface area (Å²) in [6.45, 7) is 19.0. The van der Waals surface area contributed by atoms with Gasteiger partial charge in [0.1, 0.15) is 0 Å². The van der Waals surface area contributed by atoms with E-state index < -0.39 is 0 Å². The normalized spacial score (nSPS) is 12.8. The molecular formula is C27H43AlN2O-. The molecule has 0 spiro atoms. The lowest BCUT2D eigenvalue weighted by Gasteiger charge is -2.20. The van der Waals surface area contributed by atoms with Gasteiger partial charge in [-0.2, -0.15) is 0 Å². The average molecular weight is 439 g/mol. The molecule has 2 aromatic rings. The number of aliphatic imine (C=N–C) groups is 2. The fourth-order valence-electron chi connectivity index (χ4n) is 3.68. The van der Waals surface area contributed by atoms with Gasteiger partial charge in [-0.25, -0.2) is 0 Å². The maximum atomic E-state index is 13.1.